The van der Waals surface area contributed by atoms with E-state index in [9.17, 15) is 4.79 Å². The van der Waals surface area contributed by atoms with Gasteiger partial charge in [-0.2, -0.15) is 0 Å². The topological polar surface area (TPSA) is 68.0 Å². The Morgan fingerprint density at radius 3 is 3.00 bits per heavy atom. The minimum Gasteiger partial charge on any atom is -0.375 e. The summed E-state index contributed by atoms with van der Waals surface area (Å²) >= 11 is 1.37. The molecule has 2 rings (SSSR count). The molecule has 0 saturated heterocycles. The molecule has 0 atom stereocenters. The van der Waals surface area contributed by atoms with Gasteiger partial charge in [-0.3, -0.25) is 4.79 Å². The molecule has 0 bridgehead atoms. The molecule has 1 aliphatic rings. The predicted octanol–water partition coefficient (Wildman–Crippen LogP) is 0.936. The fraction of sp³-hybridized carbons (Fsp3) is 0.556. The van der Waals surface area contributed by atoms with Crippen molar-refractivity contribution < 1.29 is 4.79 Å². The lowest BCUT2D eigenvalue weighted by Gasteiger charge is -2.09. The molecule has 1 fully saturated rings. The van der Waals surface area contributed by atoms with Crippen LogP contribution in [0.4, 0.5) is 5.13 Å². The summed E-state index contributed by atoms with van der Waals surface area (Å²) in [6.07, 6.45) is 2.50. The standard InChI is InChI=1S/C9H13N3OS/c1-9(2-3-9)12-7(13)4-6-5-14-8(10)11-6/h5H,2-4H2,1H3,(H2,10,11)(H,12,13). The van der Waals surface area contributed by atoms with Crippen molar-refractivity contribution in [1.29, 1.82) is 0 Å². The third-order valence-corrected chi connectivity index (χ3v) is 3.08. The lowest BCUT2D eigenvalue weighted by molar-refractivity contribution is -0.121. The van der Waals surface area contributed by atoms with E-state index in [1.54, 1.807) is 0 Å². The van der Waals surface area contributed by atoms with Crippen molar-refractivity contribution in [2.75, 3.05) is 5.73 Å². The second-order valence-electron chi connectivity index (χ2n) is 3.96. The number of hydrogen-bond acceptors (Lipinski definition) is 4. The van der Waals surface area contributed by atoms with Crippen LogP contribution in [0.1, 0.15) is 25.5 Å². The van der Waals surface area contributed by atoms with Gasteiger partial charge in [0.25, 0.3) is 0 Å². The number of aromatic nitrogens is 1. The molecular weight excluding hydrogens is 198 g/mol. The van der Waals surface area contributed by atoms with Crippen LogP contribution >= 0.6 is 11.3 Å². The molecule has 0 unspecified atom stereocenters. The van der Waals surface area contributed by atoms with E-state index in [1.807, 2.05) is 5.38 Å². The maximum Gasteiger partial charge on any atom is 0.226 e. The monoisotopic (exact) mass is 211 g/mol. The Kier molecular flexibility index (Phi) is 2.19. The Morgan fingerprint density at radius 2 is 2.50 bits per heavy atom. The van der Waals surface area contributed by atoms with Gasteiger partial charge in [0, 0.05) is 10.9 Å². The third kappa shape index (κ3) is 2.23. The third-order valence-electron chi connectivity index (χ3n) is 2.35. The van der Waals surface area contributed by atoms with Crippen LogP contribution in [0.5, 0.6) is 0 Å². The normalized spacial score (nSPS) is 17.8. The van der Waals surface area contributed by atoms with Gasteiger partial charge in [0.1, 0.15) is 0 Å². The Labute approximate surface area is 86.5 Å². The summed E-state index contributed by atoms with van der Waals surface area (Å²) in [5, 5.41) is 5.32. The van der Waals surface area contributed by atoms with Crippen LogP contribution in [-0.2, 0) is 11.2 Å². The molecule has 1 aromatic heterocycles. The second kappa shape index (κ2) is 3.24. The molecule has 76 valence electrons. The number of rotatable bonds is 3. The number of nitrogens with zero attached hydrogens (tertiary/aromatic N) is 1. The largest absolute Gasteiger partial charge is 0.375 e. The van der Waals surface area contributed by atoms with Gasteiger partial charge in [0.05, 0.1) is 12.1 Å². The van der Waals surface area contributed by atoms with E-state index in [0.717, 1.165) is 18.5 Å². The van der Waals surface area contributed by atoms with Crippen molar-refractivity contribution in [3.05, 3.63) is 11.1 Å². The summed E-state index contributed by atoms with van der Waals surface area (Å²) < 4.78 is 0. The molecule has 0 aliphatic heterocycles. The summed E-state index contributed by atoms with van der Waals surface area (Å²) in [4.78, 5) is 15.5. The maximum absolute atomic E-state index is 11.5. The summed E-state index contributed by atoms with van der Waals surface area (Å²) in [7, 11) is 0. The molecule has 0 aromatic carbocycles. The van der Waals surface area contributed by atoms with Crippen molar-refractivity contribution >= 4 is 22.4 Å². The second-order valence-corrected chi connectivity index (χ2v) is 4.85. The number of nitrogens with one attached hydrogen (secondary N) is 1. The number of carbonyl (C=O) groups excluding carboxylic acids is 1. The molecule has 1 heterocycles. The number of carbonyl (C=O) groups is 1. The highest BCUT2D eigenvalue weighted by molar-refractivity contribution is 7.13. The van der Waals surface area contributed by atoms with Crippen molar-refractivity contribution in [2.24, 2.45) is 0 Å². The highest BCUT2D eigenvalue weighted by Gasteiger charge is 2.38. The van der Waals surface area contributed by atoms with Gasteiger partial charge in [-0.25, -0.2) is 4.98 Å². The lowest BCUT2D eigenvalue weighted by Crippen LogP contribution is -2.35. The highest BCUT2D eigenvalue weighted by atomic mass is 32.1. The van der Waals surface area contributed by atoms with Gasteiger partial charge in [-0.1, -0.05) is 0 Å². The van der Waals surface area contributed by atoms with Gasteiger partial charge >= 0.3 is 0 Å². The van der Waals surface area contributed by atoms with E-state index >= 15 is 0 Å². The highest BCUT2D eigenvalue weighted by Crippen LogP contribution is 2.34. The molecule has 4 nitrogen and oxygen atoms in total. The molecule has 5 heteroatoms. The molecule has 1 aromatic rings. The van der Waals surface area contributed by atoms with Crippen molar-refractivity contribution in [3.63, 3.8) is 0 Å². The zero-order chi connectivity index (χ0) is 10.2. The molecule has 1 saturated carbocycles. The van der Waals surface area contributed by atoms with Crippen molar-refractivity contribution in [1.82, 2.24) is 10.3 Å². The van der Waals surface area contributed by atoms with Gasteiger partial charge < -0.3 is 11.1 Å². The molecule has 0 spiro atoms. The van der Waals surface area contributed by atoms with E-state index in [2.05, 4.69) is 17.2 Å². The quantitative estimate of drug-likeness (QED) is 0.781. The minimum atomic E-state index is 0.0373. The molecule has 14 heavy (non-hydrogen) atoms. The van der Waals surface area contributed by atoms with E-state index in [1.165, 1.54) is 11.3 Å². The van der Waals surface area contributed by atoms with E-state index in [-0.39, 0.29) is 11.4 Å². The first-order valence-corrected chi connectivity index (χ1v) is 5.46. The van der Waals surface area contributed by atoms with E-state index in [4.69, 9.17) is 5.73 Å². The zero-order valence-electron chi connectivity index (χ0n) is 8.04. The number of amides is 1. The van der Waals surface area contributed by atoms with E-state index < -0.39 is 0 Å². The van der Waals surface area contributed by atoms with Gasteiger partial charge in [-0.05, 0) is 19.8 Å². The number of anilines is 1. The van der Waals surface area contributed by atoms with E-state index in [0.29, 0.717) is 11.6 Å². The minimum absolute atomic E-state index is 0.0373. The van der Waals surface area contributed by atoms with Gasteiger partial charge in [0.15, 0.2) is 5.13 Å². The maximum atomic E-state index is 11.5. The number of hydrogen-bond donors (Lipinski definition) is 2. The fourth-order valence-electron chi connectivity index (χ4n) is 1.26. The number of nitrogens with two attached hydrogens (primary N) is 1. The Morgan fingerprint density at radius 1 is 1.79 bits per heavy atom. The average molecular weight is 211 g/mol. The first kappa shape index (κ1) is 9.45. The van der Waals surface area contributed by atoms with Crippen LogP contribution in [-0.4, -0.2) is 16.4 Å². The van der Waals surface area contributed by atoms with Crippen LogP contribution in [0, 0.1) is 0 Å². The predicted molar refractivity (Wildman–Crippen MR) is 56.0 cm³/mol. The lowest BCUT2D eigenvalue weighted by atomic mass is 10.2. The molecular formula is C9H13N3OS. The molecule has 1 aliphatic carbocycles. The Hall–Kier alpha value is -1.10. The molecule has 1 amide bonds. The Balaban J connectivity index is 1.88. The van der Waals surface area contributed by atoms with Crippen LogP contribution in [0.2, 0.25) is 0 Å². The van der Waals surface area contributed by atoms with Crippen molar-refractivity contribution in [3.8, 4) is 0 Å². The molecule has 3 N–H and O–H groups in total. The Bertz CT molecular complexity index is 357. The van der Waals surface area contributed by atoms with Gasteiger partial charge in [-0.15, -0.1) is 11.3 Å². The smallest absolute Gasteiger partial charge is 0.226 e. The summed E-state index contributed by atoms with van der Waals surface area (Å²) in [6, 6.07) is 0. The summed E-state index contributed by atoms with van der Waals surface area (Å²) in [5.74, 6) is 0.0373. The summed E-state index contributed by atoms with van der Waals surface area (Å²) in [5.41, 5.74) is 6.28. The first-order valence-electron chi connectivity index (χ1n) is 4.58. The van der Waals surface area contributed by atoms with Gasteiger partial charge in [0.2, 0.25) is 5.91 Å². The molecule has 0 radical (unpaired) electrons. The summed E-state index contributed by atoms with van der Waals surface area (Å²) in [6.45, 7) is 2.06. The number of nitrogen functional groups attached to an aromatic ring is 1. The van der Waals surface area contributed by atoms with Crippen LogP contribution in [0.15, 0.2) is 5.38 Å². The van der Waals surface area contributed by atoms with Crippen LogP contribution in [0.25, 0.3) is 0 Å². The van der Waals surface area contributed by atoms with Crippen LogP contribution in [0.3, 0.4) is 0 Å². The fourth-order valence-corrected chi connectivity index (χ4v) is 1.82. The van der Waals surface area contributed by atoms with Crippen LogP contribution < -0.4 is 11.1 Å². The number of thiazole rings is 1. The average Bonchev–Trinajstić information content (AvgIpc) is 2.64. The first-order chi connectivity index (χ1) is 6.57. The zero-order valence-corrected chi connectivity index (χ0v) is 8.86. The van der Waals surface area contributed by atoms with Crippen molar-refractivity contribution in [2.45, 2.75) is 31.7 Å². The SMILES string of the molecule is CC1(NC(=O)Cc2csc(N)n2)CC1.